The van der Waals surface area contributed by atoms with Gasteiger partial charge in [0.1, 0.15) is 0 Å². The Bertz CT molecular complexity index is 745. The molecule has 29 heavy (non-hydrogen) atoms. The SMILES string of the molecule is C[C@H](CCc1ccccc1)C1CCC2C3CC=C4CCCC[C@]4(C)C3CC[C@@]21C. The highest BCUT2D eigenvalue weighted by atomic mass is 14.6. The van der Waals surface area contributed by atoms with Crippen LogP contribution in [0.5, 0.6) is 0 Å². The first-order chi connectivity index (χ1) is 14.0. The van der Waals surface area contributed by atoms with Crippen molar-refractivity contribution in [3.63, 3.8) is 0 Å². The van der Waals surface area contributed by atoms with Gasteiger partial charge in [-0.3, -0.25) is 0 Å². The maximum absolute atomic E-state index is 2.73. The number of hydrogen-bond donors (Lipinski definition) is 0. The Balaban J connectivity index is 1.32. The largest absolute Gasteiger partial charge is 0.0845 e. The van der Waals surface area contributed by atoms with Crippen LogP contribution in [0.1, 0.15) is 90.5 Å². The molecular weight excluding hydrogens is 348 g/mol. The summed E-state index contributed by atoms with van der Waals surface area (Å²) in [7, 11) is 0. The van der Waals surface area contributed by atoms with Crippen LogP contribution in [0.15, 0.2) is 42.0 Å². The van der Waals surface area contributed by atoms with E-state index in [9.17, 15) is 0 Å². The first kappa shape index (κ1) is 19.9. The molecule has 4 aliphatic carbocycles. The quantitative estimate of drug-likeness (QED) is 0.454. The molecule has 4 unspecified atom stereocenters. The summed E-state index contributed by atoms with van der Waals surface area (Å²) < 4.78 is 0. The lowest BCUT2D eigenvalue weighted by molar-refractivity contribution is -0.0498. The van der Waals surface area contributed by atoms with Crippen molar-refractivity contribution in [2.45, 2.75) is 91.4 Å². The monoisotopic (exact) mass is 390 g/mol. The molecule has 1 aromatic rings. The first-order valence-corrected chi connectivity index (χ1v) is 12.8. The third-order valence-corrected chi connectivity index (χ3v) is 10.5. The molecule has 7 atom stereocenters. The van der Waals surface area contributed by atoms with Crippen LogP contribution in [0, 0.1) is 40.4 Å². The fourth-order valence-electron chi connectivity index (χ4n) is 8.91. The van der Waals surface area contributed by atoms with Crippen LogP contribution in [0.2, 0.25) is 0 Å². The van der Waals surface area contributed by atoms with Crippen LogP contribution in [0.3, 0.4) is 0 Å². The van der Waals surface area contributed by atoms with Crippen molar-refractivity contribution in [2.24, 2.45) is 40.4 Å². The van der Waals surface area contributed by atoms with E-state index in [0.29, 0.717) is 10.8 Å². The average Bonchev–Trinajstić information content (AvgIpc) is 3.09. The molecule has 0 N–H and O–H groups in total. The smallest absolute Gasteiger partial charge is 0.00853 e. The minimum atomic E-state index is 0.555. The summed E-state index contributed by atoms with van der Waals surface area (Å²) in [6.45, 7) is 7.95. The number of benzene rings is 1. The molecule has 0 nitrogen and oxygen atoms in total. The highest BCUT2D eigenvalue weighted by molar-refractivity contribution is 5.24. The van der Waals surface area contributed by atoms with Gasteiger partial charge in [-0.15, -0.1) is 0 Å². The van der Waals surface area contributed by atoms with E-state index in [4.69, 9.17) is 0 Å². The molecular formula is C29H42. The van der Waals surface area contributed by atoms with Crippen molar-refractivity contribution >= 4 is 0 Å². The normalized spacial score (nSPS) is 42.4. The van der Waals surface area contributed by atoms with Crippen molar-refractivity contribution in [2.75, 3.05) is 0 Å². The van der Waals surface area contributed by atoms with Gasteiger partial charge >= 0.3 is 0 Å². The molecule has 0 saturated heterocycles. The van der Waals surface area contributed by atoms with Gasteiger partial charge in [0, 0.05) is 0 Å². The minimum Gasteiger partial charge on any atom is -0.0845 e. The second-order valence-electron chi connectivity index (χ2n) is 11.7. The molecule has 0 spiro atoms. The first-order valence-electron chi connectivity index (χ1n) is 12.8. The summed E-state index contributed by atoms with van der Waals surface area (Å²) in [4.78, 5) is 0. The van der Waals surface area contributed by atoms with Gasteiger partial charge in [0.25, 0.3) is 0 Å². The summed E-state index contributed by atoms with van der Waals surface area (Å²) in [6.07, 6.45) is 18.6. The Morgan fingerprint density at radius 3 is 2.62 bits per heavy atom. The van der Waals surface area contributed by atoms with Gasteiger partial charge in [-0.2, -0.15) is 0 Å². The van der Waals surface area contributed by atoms with E-state index < -0.39 is 0 Å². The molecule has 0 aromatic heterocycles. The maximum atomic E-state index is 2.73. The number of aryl methyl sites for hydroxylation is 1. The molecule has 0 aliphatic heterocycles. The third-order valence-electron chi connectivity index (χ3n) is 10.5. The third kappa shape index (κ3) is 3.24. The molecule has 3 fully saturated rings. The lowest BCUT2D eigenvalue weighted by atomic mass is 9.47. The van der Waals surface area contributed by atoms with Crippen LogP contribution < -0.4 is 0 Å². The van der Waals surface area contributed by atoms with Crippen molar-refractivity contribution < 1.29 is 0 Å². The van der Waals surface area contributed by atoms with E-state index in [2.05, 4.69) is 57.2 Å². The number of rotatable bonds is 4. The van der Waals surface area contributed by atoms with E-state index in [1.54, 1.807) is 0 Å². The Morgan fingerprint density at radius 1 is 0.966 bits per heavy atom. The Morgan fingerprint density at radius 2 is 1.79 bits per heavy atom. The summed E-state index contributed by atoms with van der Waals surface area (Å²) in [5.41, 5.74) is 4.55. The molecule has 0 radical (unpaired) electrons. The molecule has 0 heterocycles. The fourth-order valence-corrected chi connectivity index (χ4v) is 8.91. The zero-order chi connectivity index (χ0) is 20.1. The molecule has 0 bridgehead atoms. The Labute approximate surface area is 179 Å². The lowest BCUT2D eigenvalue weighted by Gasteiger charge is -2.58. The van der Waals surface area contributed by atoms with E-state index in [1.807, 2.05) is 5.57 Å². The van der Waals surface area contributed by atoms with Gasteiger partial charge < -0.3 is 0 Å². The van der Waals surface area contributed by atoms with Crippen LogP contribution in [0.25, 0.3) is 0 Å². The Kier molecular flexibility index (Phi) is 5.20. The summed E-state index contributed by atoms with van der Waals surface area (Å²) in [6, 6.07) is 11.2. The molecule has 1 aromatic carbocycles. The zero-order valence-electron chi connectivity index (χ0n) is 19.1. The molecule has 158 valence electrons. The van der Waals surface area contributed by atoms with Crippen molar-refractivity contribution in [3.05, 3.63) is 47.5 Å². The molecule has 5 rings (SSSR count). The zero-order valence-corrected chi connectivity index (χ0v) is 19.1. The van der Waals surface area contributed by atoms with Gasteiger partial charge in [0.15, 0.2) is 0 Å². The van der Waals surface area contributed by atoms with Gasteiger partial charge in [-0.05, 0) is 110 Å². The van der Waals surface area contributed by atoms with E-state index >= 15 is 0 Å². The van der Waals surface area contributed by atoms with E-state index in [-0.39, 0.29) is 0 Å². The summed E-state index contributed by atoms with van der Waals surface area (Å²) in [5.74, 6) is 4.76. The lowest BCUT2D eigenvalue weighted by Crippen LogP contribution is -2.50. The van der Waals surface area contributed by atoms with Crippen molar-refractivity contribution in [1.82, 2.24) is 0 Å². The minimum absolute atomic E-state index is 0.555. The second kappa shape index (κ2) is 7.58. The fraction of sp³-hybridized carbons (Fsp3) is 0.724. The predicted octanol–water partition coefficient (Wildman–Crippen LogP) is 8.22. The summed E-state index contributed by atoms with van der Waals surface area (Å²) >= 11 is 0. The van der Waals surface area contributed by atoms with Crippen LogP contribution in [-0.2, 0) is 6.42 Å². The second-order valence-corrected chi connectivity index (χ2v) is 11.7. The topological polar surface area (TPSA) is 0 Å². The summed E-state index contributed by atoms with van der Waals surface area (Å²) in [5, 5.41) is 0. The van der Waals surface area contributed by atoms with Crippen LogP contribution >= 0.6 is 0 Å². The average molecular weight is 391 g/mol. The van der Waals surface area contributed by atoms with E-state index in [0.717, 1.165) is 29.6 Å². The van der Waals surface area contributed by atoms with Crippen molar-refractivity contribution in [1.29, 1.82) is 0 Å². The molecule has 4 aliphatic rings. The Hall–Kier alpha value is -1.04. The predicted molar refractivity (Wildman–Crippen MR) is 124 cm³/mol. The molecule has 0 heteroatoms. The number of fused-ring (bicyclic) bond motifs is 5. The van der Waals surface area contributed by atoms with Gasteiger partial charge in [0.2, 0.25) is 0 Å². The van der Waals surface area contributed by atoms with Gasteiger partial charge in [0.05, 0.1) is 0 Å². The van der Waals surface area contributed by atoms with Crippen molar-refractivity contribution in [3.8, 4) is 0 Å². The van der Waals surface area contributed by atoms with Gasteiger partial charge in [-0.1, -0.05) is 69.2 Å². The highest BCUT2D eigenvalue weighted by Crippen LogP contribution is 2.67. The molecule has 3 saturated carbocycles. The van der Waals surface area contributed by atoms with Gasteiger partial charge in [-0.25, -0.2) is 0 Å². The van der Waals surface area contributed by atoms with Crippen LogP contribution in [0.4, 0.5) is 0 Å². The number of allylic oxidation sites excluding steroid dienone is 2. The molecule has 0 amide bonds. The van der Waals surface area contributed by atoms with E-state index in [1.165, 1.54) is 76.2 Å². The number of hydrogen-bond acceptors (Lipinski definition) is 0. The maximum Gasteiger partial charge on any atom is -0.00853 e. The van der Waals surface area contributed by atoms with Crippen LogP contribution in [-0.4, -0.2) is 0 Å². The highest BCUT2D eigenvalue weighted by Gasteiger charge is 2.58. The standard InChI is InChI=1S/C29H42/c1-21(12-13-22-9-5-4-6-10-22)25-16-17-26-24-15-14-23-11-7-8-19-28(23,2)27(24)18-20-29(25,26)3/h4-6,9-10,14,21,24-27H,7-8,11-13,15-20H2,1-3H3/t21-,24?,25?,26?,27?,28+,29-/m1/s1.